The summed E-state index contributed by atoms with van der Waals surface area (Å²) in [5.74, 6) is 1.96. The number of para-hydroxylation sites is 1. The van der Waals surface area contributed by atoms with Crippen molar-refractivity contribution in [3.63, 3.8) is 0 Å². The minimum atomic E-state index is 0.231. The van der Waals surface area contributed by atoms with Gasteiger partial charge in [0.25, 0.3) is 0 Å². The second kappa shape index (κ2) is 5.24. The summed E-state index contributed by atoms with van der Waals surface area (Å²) in [6.07, 6.45) is 5.73. The number of fused-ring (bicyclic) bond motifs is 2. The third-order valence-corrected chi connectivity index (χ3v) is 6.27. The molecule has 0 radical (unpaired) electrons. The van der Waals surface area contributed by atoms with Crippen molar-refractivity contribution in [2.24, 2.45) is 7.05 Å². The van der Waals surface area contributed by atoms with Gasteiger partial charge in [0, 0.05) is 0 Å². The molecule has 3 aromatic rings. The Kier molecular flexibility index (Phi) is 3.21. The second-order valence-electron chi connectivity index (χ2n) is 5.31. The third kappa shape index (κ3) is 2.12. The molecule has 0 unspecified atom stereocenters. The van der Waals surface area contributed by atoms with Gasteiger partial charge in [0.2, 0.25) is 0 Å². The molecule has 3 nitrogen and oxygen atoms in total. The van der Waals surface area contributed by atoms with Crippen LogP contribution in [-0.2, 0) is 7.05 Å². The number of hydrogen-bond donors (Lipinski definition) is 0. The average molecular weight is 354 g/mol. The molecule has 0 atom stereocenters. The first-order chi connectivity index (χ1) is 10.7. The molecular formula is C18H15N2OSe+. The normalized spacial score (nSPS) is 12.3. The van der Waals surface area contributed by atoms with Crippen LogP contribution in [0.15, 0.2) is 55.0 Å². The molecule has 0 bridgehead atoms. The van der Waals surface area contributed by atoms with E-state index < -0.39 is 0 Å². The molecule has 2 heterocycles. The first kappa shape index (κ1) is 13.5. The zero-order valence-electron chi connectivity index (χ0n) is 12.4. The van der Waals surface area contributed by atoms with Gasteiger partial charge >= 0.3 is 135 Å². The molecule has 0 N–H and O–H groups in total. The van der Waals surface area contributed by atoms with Crippen LogP contribution in [0.3, 0.4) is 0 Å². The van der Waals surface area contributed by atoms with Gasteiger partial charge < -0.3 is 0 Å². The van der Waals surface area contributed by atoms with Crippen molar-refractivity contribution >= 4 is 23.9 Å². The van der Waals surface area contributed by atoms with E-state index in [0.717, 1.165) is 17.2 Å². The molecule has 0 saturated heterocycles. The number of hydrogen-bond acceptors (Lipinski definition) is 2. The molecule has 1 aliphatic heterocycles. The Bertz CT molecular complexity index is 877. The van der Waals surface area contributed by atoms with Crippen molar-refractivity contribution in [2.45, 2.75) is 6.92 Å². The van der Waals surface area contributed by atoms with E-state index in [1.807, 2.05) is 30.7 Å². The minimum absolute atomic E-state index is 0.231. The van der Waals surface area contributed by atoms with Gasteiger partial charge in [-0.25, -0.2) is 0 Å². The summed E-state index contributed by atoms with van der Waals surface area (Å²) in [6, 6.07) is 12.5. The molecule has 1 aromatic heterocycles. The van der Waals surface area contributed by atoms with Gasteiger partial charge in [0.05, 0.1) is 0 Å². The van der Waals surface area contributed by atoms with Crippen LogP contribution in [0.4, 0.5) is 0 Å². The van der Waals surface area contributed by atoms with Gasteiger partial charge in [-0.2, -0.15) is 0 Å². The maximum absolute atomic E-state index is 6.12. The van der Waals surface area contributed by atoms with E-state index in [1.165, 1.54) is 20.1 Å². The number of ether oxygens (including phenoxy) is 1. The molecule has 0 amide bonds. The monoisotopic (exact) mass is 355 g/mol. The average Bonchev–Trinajstić information content (AvgIpc) is 2.54. The standard InChI is InChI=1S/C18H15N2OSe/c1-12-7-8-15-18(17(12)13-11-19-9-10-20(13)2)22-16-6-4-3-5-14(16)21-15/h3-11H,1-2H3/q+1. The van der Waals surface area contributed by atoms with Gasteiger partial charge in [-0.3, -0.25) is 0 Å². The Morgan fingerprint density at radius 3 is 2.82 bits per heavy atom. The molecule has 4 heteroatoms. The topological polar surface area (TPSA) is 26.0 Å². The van der Waals surface area contributed by atoms with Crippen molar-refractivity contribution < 1.29 is 9.30 Å². The first-order valence-electron chi connectivity index (χ1n) is 7.12. The van der Waals surface area contributed by atoms with Gasteiger partial charge in [-0.1, -0.05) is 0 Å². The Balaban J connectivity index is 1.94. The van der Waals surface area contributed by atoms with Crippen molar-refractivity contribution in [3.8, 4) is 22.8 Å². The molecule has 0 saturated carbocycles. The molecule has 22 heavy (non-hydrogen) atoms. The summed E-state index contributed by atoms with van der Waals surface area (Å²) in [5, 5.41) is 0. The van der Waals surface area contributed by atoms with Crippen LogP contribution in [0.5, 0.6) is 11.5 Å². The summed E-state index contributed by atoms with van der Waals surface area (Å²) >= 11 is 0.231. The van der Waals surface area contributed by atoms with E-state index in [9.17, 15) is 0 Å². The molecule has 1 aliphatic rings. The van der Waals surface area contributed by atoms with Crippen molar-refractivity contribution in [3.05, 3.63) is 60.6 Å². The van der Waals surface area contributed by atoms with E-state index in [0.29, 0.717) is 0 Å². The molecule has 0 aliphatic carbocycles. The molecular weight excluding hydrogens is 339 g/mol. The van der Waals surface area contributed by atoms with Gasteiger partial charge in [0.15, 0.2) is 0 Å². The van der Waals surface area contributed by atoms with Gasteiger partial charge in [-0.05, 0) is 0 Å². The van der Waals surface area contributed by atoms with Crippen molar-refractivity contribution in [2.75, 3.05) is 0 Å². The van der Waals surface area contributed by atoms with Crippen LogP contribution in [0.1, 0.15) is 5.56 Å². The van der Waals surface area contributed by atoms with Crippen LogP contribution in [-0.4, -0.2) is 19.9 Å². The van der Waals surface area contributed by atoms with Crippen LogP contribution >= 0.6 is 0 Å². The number of benzene rings is 2. The van der Waals surface area contributed by atoms with Crippen LogP contribution in [0, 0.1) is 6.92 Å². The molecule has 4 rings (SSSR count). The van der Waals surface area contributed by atoms with Crippen molar-refractivity contribution in [1.82, 2.24) is 4.98 Å². The Labute approximate surface area is 135 Å². The zero-order chi connectivity index (χ0) is 15.1. The van der Waals surface area contributed by atoms with Gasteiger partial charge in [0.1, 0.15) is 0 Å². The van der Waals surface area contributed by atoms with Crippen LogP contribution < -0.4 is 18.2 Å². The Hall–Kier alpha value is -2.16. The SMILES string of the molecule is Cc1ccc2c(c1-c1cncc[n+]1C)[Se]c1ccccc1O2. The fourth-order valence-electron chi connectivity index (χ4n) is 2.67. The van der Waals surface area contributed by atoms with Crippen LogP contribution in [0.2, 0.25) is 0 Å². The molecule has 2 aromatic carbocycles. The summed E-state index contributed by atoms with van der Waals surface area (Å²) < 4.78 is 10.8. The van der Waals surface area contributed by atoms with Gasteiger partial charge in [-0.15, -0.1) is 0 Å². The number of nitrogens with zero attached hydrogens (tertiary/aromatic N) is 2. The number of aryl methyl sites for hydroxylation is 2. The second-order valence-corrected chi connectivity index (χ2v) is 7.52. The first-order valence-corrected chi connectivity index (χ1v) is 8.84. The predicted molar refractivity (Wildman–Crippen MR) is 87.1 cm³/mol. The quantitative estimate of drug-likeness (QED) is 0.384. The summed E-state index contributed by atoms with van der Waals surface area (Å²) in [7, 11) is 2.06. The Morgan fingerprint density at radius 2 is 1.95 bits per heavy atom. The fraction of sp³-hybridized carbons (Fsp3) is 0.111. The van der Waals surface area contributed by atoms with Crippen molar-refractivity contribution in [1.29, 1.82) is 0 Å². The number of rotatable bonds is 1. The molecule has 0 spiro atoms. The van der Waals surface area contributed by atoms with E-state index >= 15 is 0 Å². The summed E-state index contributed by atoms with van der Waals surface area (Å²) in [6.45, 7) is 2.15. The zero-order valence-corrected chi connectivity index (χ0v) is 14.1. The molecule has 108 valence electrons. The fourth-order valence-corrected chi connectivity index (χ4v) is 5.10. The third-order valence-electron chi connectivity index (χ3n) is 3.82. The Morgan fingerprint density at radius 1 is 1.09 bits per heavy atom. The van der Waals surface area contributed by atoms with E-state index in [1.54, 1.807) is 0 Å². The van der Waals surface area contributed by atoms with E-state index in [-0.39, 0.29) is 15.0 Å². The summed E-state index contributed by atoms with van der Waals surface area (Å²) in [4.78, 5) is 4.30. The van der Waals surface area contributed by atoms with Crippen LogP contribution in [0.25, 0.3) is 11.3 Å². The molecule has 0 fully saturated rings. The maximum atomic E-state index is 6.12. The van der Waals surface area contributed by atoms with E-state index in [2.05, 4.69) is 47.8 Å². The number of aromatic nitrogens is 2. The summed E-state index contributed by atoms with van der Waals surface area (Å²) in [5.41, 5.74) is 3.64. The van der Waals surface area contributed by atoms with E-state index in [4.69, 9.17) is 4.74 Å². The predicted octanol–water partition coefficient (Wildman–Crippen LogP) is 1.64.